The third-order valence-electron chi connectivity index (χ3n) is 3.81. The number of hydrogen-bond acceptors (Lipinski definition) is 5. The highest BCUT2D eigenvalue weighted by atomic mass is 16.5. The maximum absolute atomic E-state index is 12.3. The van der Waals surface area contributed by atoms with Crippen molar-refractivity contribution in [3.8, 4) is 5.75 Å². The van der Waals surface area contributed by atoms with Gasteiger partial charge in [-0.05, 0) is 29.7 Å². The van der Waals surface area contributed by atoms with Crippen LogP contribution in [0.3, 0.4) is 0 Å². The number of carbonyl (C=O) groups excluding carboxylic acids is 2. The fourth-order valence-corrected chi connectivity index (χ4v) is 2.44. The van der Waals surface area contributed by atoms with Crippen molar-refractivity contribution in [2.75, 3.05) is 7.11 Å². The molecule has 0 heterocycles. The Morgan fingerprint density at radius 1 is 1.04 bits per heavy atom. The van der Waals surface area contributed by atoms with Crippen LogP contribution >= 0.6 is 0 Å². The summed E-state index contributed by atoms with van der Waals surface area (Å²) in [6.45, 7) is 0. The summed E-state index contributed by atoms with van der Waals surface area (Å²) in [5, 5.41) is 12.0. The number of esters is 1. The van der Waals surface area contributed by atoms with Crippen molar-refractivity contribution >= 4 is 11.9 Å². The van der Waals surface area contributed by atoms with Crippen molar-refractivity contribution in [3.63, 3.8) is 0 Å². The molecule has 25 heavy (non-hydrogen) atoms. The van der Waals surface area contributed by atoms with E-state index < -0.39 is 24.0 Å². The summed E-state index contributed by atoms with van der Waals surface area (Å²) in [4.78, 5) is 24.3. The average molecular weight is 342 g/mol. The lowest BCUT2D eigenvalue weighted by atomic mass is 10.0. The van der Waals surface area contributed by atoms with Crippen LogP contribution in [0.15, 0.2) is 54.6 Å². The highest BCUT2D eigenvalue weighted by Gasteiger charge is 2.24. The smallest absolute Gasteiger partial charge is 0.328 e. The van der Waals surface area contributed by atoms with Gasteiger partial charge in [-0.15, -0.1) is 0 Å². The molecule has 0 aromatic heterocycles. The summed E-state index contributed by atoms with van der Waals surface area (Å²) < 4.78 is 4.76. The van der Waals surface area contributed by atoms with Gasteiger partial charge in [-0.1, -0.05) is 42.5 Å². The molecule has 2 rings (SSSR count). The molecule has 132 valence electrons. The minimum absolute atomic E-state index is 0.132. The summed E-state index contributed by atoms with van der Waals surface area (Å²) in [5.74, 6) is -0.835. The third kappa shape index (κ3) is 5.61. The van der Waals surface area contributed by atoms with Crippen molar-refractivity contribution in [3.05, 3.63) is 65.7 Å². The van der Waals surface area contributed by atoms with E-state index in [-0.39, 0.29) is 12.2 Å². The second kappa shape index (κ2) is 8.84. The van der Waals surface area contributed by atoms with Crippen molar-refractivity contribution in [1.29, 1.82) is 0 Å². The van der Waals surface area contributed by atoms with Gasteiger partial charge in [0, 0.05) is 6.42 Å². The number of carbonyl (C=O) groups is 2. The van der Waals surface area contributed by atoms with E-state index in [9.17, 15) is 14.7 Å². The second-order valence-corrected chi connectivity index (χ2v) is 5.75. The monoisotopic (exact) mass is 342 g/mol. The first-order chi connectivity index (χ1) is 12.0. The number of phenolic OH excluding ortho intramolecular Hbond substituents is 1. The predicted octanol–water partition coefficient (Wildman–Crippen LogP) is 1.16. The number of nitrogens with one attached hydrogen (secondary N) is 1. The van der Waals surface area contributed by atoms with Crippen LogP contribution in [0.2, 0.25) is 0 Å². The van der Waals surface area contributed by atoms with E-state index in [1.54, 1.807) is 12.1 Å². The van der Waals surface area contributed by atoms with Crippen molar-refractivity contribution in [2.45, 2.75) is 24.9 Å². The molecular formula is C19H22N2O4. The highest BCUT2D eigenvalue weighted by molar-refractivity contribution is 5.87. The van der Waals surface area contributed by atoms with Crippen LogP contribution < -0.4 is 11.1 Å². The lowest BCUT2D eigenvalue weighted by molar-refractivity contribution is -0.145. The number of nitrogens with two attached hydrogens (primary N) is 1. The van der Waals surface area contributed by atoms with Crippen LogP contribution in [0.5, 0.6) is 5.75 Å². The lowest BCUT2D eigenvalue weighted by Crippen LogP contribution is -2.50. The molecule has 0 spiro atoms. The van der Waals surface area contributed by atoms with Gasteiger partial charge in [0.05, 0.1) is 13.2 Å². The quantitative estimate of drug-likeness (QED) is 0.656. The molecule has 0 saturated carbocycles. The molecule has 6 nitrogen and oxygen atoms in total. The molecule has 0 aliphatic heterocycles. The number of phenols is 1. The Labute approximate surface area is 146 Å². The molecule has 0 saturated heterocycles. The number of methoxy groups -OCH3 is 1. The fourth-order valence-electron chi connectivity index (χ4n) is 2.44. The van der Waals surface area contributed by atoms with Crippen LogP contribution in [0.1, 0.15) is 11.1 Å². The van der Waals surface area contributed by atoms with Gasteiger partial charge in [0.2, 0.25) is 5.91 Å². The van der Waals surface area contributed by atoms with Crippen molar-refractivity contribution < 1.29 is 19.4 Å². The summed E-state index contributed by atoms with van der Waals surface area (Å²) in [5.41, 5.74) is 7.68. The van der Waals surface area contributed by atoms with Gasteiger partial charge in [-0.2, -0.15) is 0 Å². The van der Waals surface area contributed by atoms with E-state index in [2.05, 4.69) is 5.32 Å². The molecule has 6 heteroatoms. The molecule has 2 aromatic carbocycles. The van der Waals surface area contributed by atoms with Crippen molar-refractivity contribution in [2.24, 2.45) is 5.73 Å². The van der Waals surface area contributed by atoms with Crippen LogP contribution in [0, 0.1) is 0 Å². The topological polar surface area (TPSA) is 102 Å². The second-order valence-electron chi connectivity index (χ2n) is 5.75. The summed E-state index contributed by atoms with van der Waals surface area (Å²) in [6, 6.07) is 14.2. The first kappa shape index (κ1) is 18.5. The Morgan fingerprint density at radius 3 is 2.24 bits per heavy atom. The van der Waals surface area contributed by atoms with E-state index in [1.807, 2.05) is 30.3 Å². The van der Waals surface area contributed by atoms with E-state index in [0.717, 1.165) is 11.1 Å². The molecule has 4 N–H and O–H groups in total. The molecule has 0 radical (unpaired) electrons. The maximum Gasteiger partial charge on any atom is 0.328 e. The van der Waals surface area contributed by atoms with E-state index in [4.69, 9.17) is 10.5 Å². The normalized spacial score (nSPS) is 12.9. The first-order valence-corrected chi connectivity index (χ1v) is 7.95. The lowest BCUT2D eigenvalue weighted by Gasteiger charge is -2.19. The first-order valence-electron chi connectivity index (χ1n) is 7.95. The highest BCUT2D eigenvalue weighted by Crippen LogP contribution is 2.12. The molecule has 2 atom stereocenters. The molecule has 0 fully saturated rings. The van der Waals surface area contributed by atoms with Gasteiger partial charge < -0.3 is 20.9 Å². The largest absolute Gasteiger partial charge is 0.508 e. The van der Waals surface area contributed by atoms with E-state index >= 15 is 0 Å². The number of hydrogen-bond donors (Lipinski definition) is 3. The van der Waals surface area contributed by atoms with Gasteiger partial charge in [0.1, 0.15) is 11.8 Å². The van der Waals surface area contributed by atoms with Gasteiger partial charge in [-0.25, -0.2) is 4.79 Å². The number of amides is 1. The van der Waals surface area contributed by atoms with Gasteiger partial charge in [0.25, 0.3) is 0 Å². The van der Waals surface area contributed by atoms with Gasteiger partial charge in [0.15, 0.2) is 0 Å². The van der Waals surface area contributed by atoms with E-state index in [1.165, 1.54) is 19.2 Å². The Kier molecular flexibility index (Phi) is 6.54. The number of rotatable bonds is 7. The predicted molar refractivity (Wildman–Crippen MR) is 93.9 cm³/mol. The van der Waals surface area contributed by atoms with Gasteiger partial charge in [-0.3, -0.25) is 4.79 Å². The Bertz CT molecular complexity index is 701. The molecule has 1 amide bonds. The summed E-state index contributed by atoms with van der Waals surface area (Å²) >= 11 is 0. The molecule has 2 aromatic rings. The molecular weight excluding hydrogens is 320 g/mol. The Balaban J connectivity index is 2.01. The van der Waals surface area contributed by atoms with Crippen LogP contribution in [-0.4, -0.2) is 36.2 Å². The zero-order chi connectivity index (χ0) is 18.2. The van der Waals surface area contributed by atoms with Crippen LogP contribution in [0.4, 0.5) is 0 Å². The van der Waals surface area contributed by atoms with Crippen LogP contribution in [-0.2, 0) is 27.2 Å². The zero-order valence-electron chi connectivity index (χ0n) is 14.0. The third-order valence-corrected chi connectivity index (χ3v) is 3.81. The van der Waals surface area contributed by atoms with Crippen LogP contribution in [0.25, 0.3) is 0 Å². The number of benzene rings is 2. The standard InChI is InChI=1S/C19H22N2O4/c1-25-19(24)17(12-14-7-9-15(22)10-8-14)21-18(23)16(20)11-13-5-3-2-4-6-13/h2-10,16-17,22H,11-12,20H2,1H3,(H,21,23)/t16-,17-/m0/s1. The van der Waals surface area contributed by atoms with Crippen molar-refractivity contribution in [1.82, 2.24) is 5.32 Å². The molecule has 0 unspecified atom stereocenters. The molecule has 0 aliphatic rings. The SMILES string of the molecule is COC(=O)[C@H](Cc1ccc(O)cc1)NC(=O)[C@@H](N)Cc1ccccc1. The summed E-state index contributed by atoms with van der Waals surface area (Å²) in [6.07, 6.45) is 0.622. The average Bonchev–Trinajstić information content (AvgIpc) is 2.63. The number of ether oxygens (including phenoxy) is 1. The molecule has 0 bridgehead atoms. The summed E-state index contributed by atoms with van der Waals surface area (Å²) in [7, 11) is 1.27. The van der Waals surface area contributed by atoms with E-state index in [0.29, 0.717) is 6.42 Å². The Morgan fingerprint density at radius 2 is 1.64 bits per heavy atom. The fraction of sp³-hybridized carbons (Fsp3) is 0.263. The zero-order valence-corrected chi connectivity index (χ0v) is 14.0. The Hall–Kier alpha value is -2.86. The minimum Gasteiger partial charge on any atom is -0.508 e. The molecule has 0 aliphatic carbocycles. The van der Waals surface area contributed by atoms with Gasteiger partial charge >= 0.3 is 5.97 Å². The number of aromatic hydroxyl groups is 1. The minimum atomic E-state index is -0.844. The maximum atomic E-state index is 12.3.